The second kappa shape index (κ2) is 5.34. The Morgan fingerprint density at radius 3 is 2.60 bits per heavy atom. The van der Waals surface area contributed by atoms with Crippen molar-refractivity contribution in [2.45, 2.75) is 25.0 Å². The third-order valence-corrected chi connectivity index (χ3v) is 1.26. The minimum atomic E-state index is -0.815. The van der Waals surface area contributed by atoms with E-state index in [9.17, 15) is 4.79 Å². The van der Waals surface area contributed by atoms with Crippen LogP contribution in [0.15, 0.2) is 0 Å². The number of aliphatic hydroxyl groups excluding tert-OH is 2. The van der Waals surface area contributed by atoms with Gasteiger partial charge in [-0.15, -0.1) is 0 Å². The van der Waals surface area contributed by atoms with Crippen LogP contribution in [-0.4, -0.2) is 35.3 Å². The highest BCUT2D eigenvalue weighted by atomic mass is 16.3. The van der Waals surface area contributed by atoms with Crippen LogP contribution in [-0.2, 0) is 4.79 Å². The molecule has 1 unspecified atom stereocenters. The van der Waals surface area contributed by atoms with Gasteiger partial charge in [-0.2, -0.15) is 0 Å². The van der Waals surface area contributed by atoms with Gasteiger partial charge in [0.2, 0.25) is 0 Å². The zero-order valence-electron chi connectivity index (χ0n) is 5.73. The molecule has 4 N–H and O–H groups in total. The van der Waals surface area contributed by atoms with Gasteiger partial charge in [0.05, 0.1) is 12.1 Å². The Bertz CT molecular complexity index is 97.0. The molecule has 0 bridgehead atoms. The number of carbonyl (C=O) groups excluding carboxylic acids is 1. The lowest BCUT2D eigenvalue weighted by Crippen LogP contribution is -2.35. The van der Waals surface area contributed by atoms with Crippen LogP contribution >= 0.6 is 0 Å². The van der Waals surface area contributed by atoms with Crippen LogP contribution in [0.25, 0.3) is 0 Å². The maximum absolute atomic E-state index is 9.96. The monoisotopic (exact) mass is 147 g/mol. The van der Waals surface area contributed by atoms with Crippen molar-refractivity contribution in [3.05, 3.63) is 0 Å². The first kappa shape index (κ1) is 9.55. The summed E-state index contributed by atoms with van der Waals surface area (Å²) in [6, 6.07) is -0.813. The summed E-state index contributed by atoms with van der Waals surface area (Å²) < 4.78 is 0. The molecule has 2 atom stereocenters. The molecule has 0 saturated heterocycles. The topological polar surface area (TPSA) is 83.6 Å². The largest absolute Gasteiger partial charge is 0.396 e. The van der Waals surface area contributed by atoms with Crippen LogP contribution in [0.4, 0.5) is 0 Å². The highest BCUT2D eigenvalue weighted by molar-refractivity contribution is 5.57. The number of nitrogens with two attached hydrogens (primary N) is 1. The average molecular weight is 147 g/mol. The van der Waals surface area contributed by atoms with Crippen LogP contribution in [0.3, 0.4) is 0 Å². The van der Waals surface area contributed by atoms with Gasteiger partial charge in [-0.1, -0.05) is 0 Å². The number of aldehydes is 1. The summed E-state index contributed by atoms with van der Waals surface area (Å²) in [7, 11) is 0. The second-order valence-electron chi connectivity index (χ2n) is 2.15. The molecule has 10 heavy (non-hydrogen) atoms. The molecule has 0 aromatic rings. The first-order valence-corrected chi connectivity index (χ1v) is 3.22. The molecule has 0 aliphatic carbocycles. The highest BCUT2D eigenvalue weighted by Gasteiger charge is 2.11. The van der Waals surface area contributed by atoms with Gasteiger partial charge in [-0.25, -0.2) is 0 Å². The lowest BCUT2D eigenvalue weighted by atomic mass is 10.1. The Balaban J connectivity index is 3.40. The zero-order valence-corrected chi connectivity index (χ0v) is 5.73. The molecular weight excluding hydrogens is 134 g/mol. The number of rotatable bonds is 5. The molecule has 4 nitrogen and oxygen atoms in total. The van der Waals surface area contributed by atoms with Crippen molar-refractivity contribution in [1.29, 1.82) is 0 Å². The van der Waals surface area contributed by atoms with Crippen LogP contribution in [0.5, 0.6) is 0 Å². The molecule has 0 amide bonds. The van der Waals surface area contributed by atoms with E-state index in [4.69, 9.17) is 15.9 Å². The Morgan fingerprint density at radius 2 is 2.20 bits per heavy atom. The number of hydrogen-bond donors (Lipinski definition) is 3. The summed E-state index contributed by atoms with van der Waals surface area (Å²) in [6.45, 7) is 0.0165. The van der Waals surface area contributed by atoms with Crippen molar-refractivity contribution in [2.24, 2.45) is 5.73 Å². The fraction of sp³-hybridized carbons (Fsp3) is 0.833. The maximum atomic E-state index is 9.96. The fourth-order valence-electron chi connectivity index (χ4n) is 0.584. The predicted molar refractivity (Wildman–Crippen MR) is 36.4 cm³/mol. The number of hydrogen-bond acceptors (Lipinski definition) is 4. The SMILES string of the molecule is N[C@H](C=O)C(O)CCCO. The molecule has 0 spiro atoms. The number of aliphatic hydroxyl groups is 2. The van der Waals surface area contributed by atoms with Crippen molar-refractivity contribution in [2.75, 3.05) is 6.61 Å². The predicted octanol–water partition coefficient (Wildman–Crippen LogP) is -1.35. The van der Waals surface area contributed by atoms with Gasteiger partial charge < -0.3 is 20.7 Å². The smallest absolute Gasteiger partial charge is 0.139 e. The van der Waals surface area contributed by atoms with Gasteiger partial charge in [0.1, 0.15) is 6.29 Å². The van der Waals surface area contributed by atoms with Crippen molar-refractivity contribution in [3.8, 4) is 0 Å². The van der Waals surface area contributed by atoms with Crippen molar-refractivity contribution >= 4 is 6.29 Å². The van der Waals surface area contributed by atoms with Crippen LogP contribution in [0.2, 0.25) is 0 Å². The van der Waals surface area contributed by atoms with Gasteiger partial charge in [0.15, 0.2) is 0 Å². The molecule has 0 radical (unpaired) electrons. The first-order chi connectivity index (χ1) is 4.72. The van der Waals surface area contributed by atoms with Crippen molar-refractivity contribution in [1.82, 2.24) is 0 Å². The molecule has 0 fully saturated rings. The van der Waals surface area contributed by atoms with Crippen molar-refractivity contribution in [3.63, 3.8) is 0 Å². The van der Waals surface area contributed by atoms with Gasteiger partial charge in [-0.05, 0) is 12.8 Å². The van der Waals surface area contributed by atoms with E-state index in [0.717, 1.165) is 0 Å². The van der Waals surface area contributed by atoms with Gasteiger partial charge in [-0.3, -0.25) is 0 Å². The summed E-state index contributed by atoms with van der Waals surface area (Å²) >= 11 is 0. The number of carbonyl (C=O) groups is 1. The van der Waals surface area contributed by atoms with Crippen molar-refractivity contribution < 1.29 is 15.0 Å². The van der Waals surface area contributed by atoms with Gasteiger partial charge in [0, 0.05) is 6.61 Å². The standard InChI is InChI=1S/C6H13NO3/c7-5(4-9)6(10)2-1-3-8/h4-6,8,10H,1-3,7H2/t5-,6?/m1/s1. The minimum Gasteiger partial charge on any atom is -0.396 e. The van der Waals surface area contributed by atoms with E-state index in [1.807, 2.05) is 0 Å². The summed E-state index contributed by atoms with van der Waals surface area (Å²) in [5.41, 5.74) is 5.16. The zero-order chi connectivity index (χ0) is 7.98. The Morgan fingerprint density at radius 1 is 1.60 bits per heavy atom. The summed E-state index contributed by atoms with van der Waals surface area (Å²) in [5, 5.41) is 17.3. The summed E-state index contributed by atoms with van der Waals surface area (Å²) in [5.74, 6) is 0. The minimum absolute atomic E-state index is 0.0165. The van der Waals surface area contributed by atoms with E-state index in [-0.39, 0.29) is 6.61 Å². The van der Waals surface area contributed by atoms with Gasteiger partial charge in [0.25, 0.3) is 0 Å². The molecule has 60 valence electrons. The van der Waals surface area contributed by atoms with Crippen LogP contribution in [0, 0.1) is 0 Å². The quantitative estimate of drug-likeness (QED) is 0.420. The second-order valence-corrected chi connectivity index (χ2v) is 2.15. The average Bonchev–Trinajstić information content (AvgIpc) is 1.98. The van der Waals surface area contributed by atoms with E-state index >= 15 is 0 Å². The maximum Gasteiger partial charge on any atom is 0.139 e. The lowest BCUT2D eigenvalue weighted by Gasteiger charge is -2.11. The molecular formula is C6H13NO3. The molecule has 0 saturated carbocycles. The van der Waals surface area contributed by atoms with E-state index in [0.29, 0.717) is 19.1 Å². The summed E-state index contributed by atoms with van der Waals surface area (Å²) in [6.07, 6.45) is 0.533. The Hall–Kier alpha value is -0.450. The Kier molecular flexibility index (Phi) is 5.10. The van der Waals surface area contributed by atoms with E-state index in [1.54, 1.807) is 0 Å². The molecule has 0 aliphatic heterocycles. The van der Waals surface area contributed by atoms with Crippen LogP contribution < -0.4 is 5.73 Å². The molecule has 0 aromatic heterocycles. The third-order valence-electron chi connectivity index (χ3n) is 1.26. The Labute approximate surface area is 59.7 Å². The molecule has 0 heterocycles. The molecule has 0 rings (SSSR count). The lowest BCUT2D eigenvalue weighted by molar-refractivity contribution is -0.111. The first-order valence-electron chi connectivity index (χ1n) is 3.22. The third kappa shape index (κ3) is 3.55. The molecule has 0 aliphatic rings. The van der Waals surface area contributed by atoms with Gasteiger partial charge >= 0.3 is 0 Å². The summed E-state index contributed by atoms with van der Waals surface area (Å²) in [4.78, 5) is 9.96. The van der Waals surface area contributed by atoms with E-state index in [2.05, 4.69) is 0 Å². The normalized spacial score (nSPS) is 16.3. The molecule has 0 aromatic carbocycles. The fourth-order valence-corrected chi connectivity index (χ4v) is 0.584. The van der Waals surface area contributed by atoms with E-state index < -0.39 is 12.1 Å². The van der Waals surface area contributed by atoms with E-state index in [1.165, 1.54) is 0 Å². The van der Waals surface area contributed by atoms with Crippen LogP contribution in [0.1, 0.15) is 12.8 Å². The highest BCUT2D eigenvalue weighted by Crippen LogP contribution is 1.97. The molecule has 4 heteroatoms.